The number of rotatable bonds is 10. The number of fused-ring (bicyclic) bond motifs is 1. The highest BCUT2D eigenvalue weighted by molar-refractivity contribution is 6.10. The van der Waals surface area contributed by atoms with Gasteiger partial charge in [0.15, 0.2) is 0 Å². The van der Waals surface area contributed by atoms with Gasteiger partial charge in [-0.1, -0.05) is 82.8 Å². The number of ether oxygens (including phenoxy) is 2. The molecule has 216 valence electrons. The zero-order valence-electron chi connectivity index (χ0n) is 24.1. The molecule has 0 spiro atoms. The number of anilines is 2. The van der Waals surface area contributed by atoms with Gasteiger partial charge in [0.05, 0.1) is 11.4 Å². The summed E-state index contributed by atoms with van der Waals surface area (Å²) < 4.78 is 11.7. The van der Waals surface area contributed by atoms with Crippen molar-refractivity contribution in [1.82, 2.24) is 0 Å². The van der Waals surface area contributed by atoms with Crippen molar-refractivity contribution in [3.05, 3.63) is 90.0 Å². The van der Waals surface area contributed by atoms with Crippen LogP contribution in [0.1, 0.15) is 57.0 Å². The average Bonchev–Trinajstić information content (AvgIpc) is 2.91. The van der Waals surface area contributed by atoms with Crippen molar-refractivity contribution >= 4 is 28.1 Å². The van der Waals surface area contributed by atoms with Crippen molar-refractivity contribution < 1.29 is 29.8 Å². The third kappa shape index (κ3) is 7.48. The number of hydrogen-bond donors (Lipinski definition) is 3. The number of hydrogen-bond acceptors (Lipinski definition) is 7. The molecule has 41 heavy (non-hydrogen) atoms. The molecule has 0 atom stereocenters. The van der Waals surface area contributed by atoms with E-state index >= 15 is 0 Å². The second kappa shape index (κ2) is 12.1. The van der Waals surface area contributed by atoms with E-state index in [2.05, 4.69) is 52.1 Å². The van der Waals surface area contributed by atoms with Crippen LogP contribution in [0.3, 0.4) is 0 Å². The lowest BCUT2D eigenvalue weighted by Crippen LogP contribution is -2.24. The molecule has 4 aromatic carbocycles. The lowest BCUT2D eigenvalue weighted by Gasteiger charge is -2.33. The summed E-state index contributed by atoms with van der Waals surface area (Å²) in [7, 11) is 0. The number of amides is 1. The Balaban J connectivity index is 1.42. The number of carbonyl (C=O) groups is 1. The normalized spacial score (nSPS) is 11.8. The van der Waals surface area contributed by atoms with Gasteiger partial charge >= 0.3 is 0 Å². The standard InChI is InChI=1S/C33H38N2O6/c1-32(2,3)21-33(4,5)23-11-14-25(15-12-23)40-18-19-41-29-17-13-24(35(38)39)20-28(29)34-31(37)27-16-10-22-8-6-7-9-26(22)30(27)36/h6-17,20,36,38-39H,18-19,21H2,1-5H3,(H,34,37)/p-1. The number of nitrogens with one attached hydrogen (secondary N) is 1. The molecule has 0 saturated carbocycles. The molecule has 0 aromatic heterocycles. The SMILES string of the molecule is CC(C)(C)CC(C)(C)c1ccc(OCCOc2ccc(N(O)O)cc2NC(=O)c2ccc3ccccc3c2[O-])cc1. The Morgan fingerprint density at radius 1 is 0.878 bits per heavy atom. The van der Waals surface area contributed by atoms with Crippen LogP contribution in [-0.4, -0.2) is 29.5 Å². The van der Waals surface area contributed by atoms with Crippen LogP contribution in [0.25, 0.3) is 10.8 Å². The van der Waals surface area contributed by atoms with Crippen molar-refractivity contribution in [2.45, 2.75) is 46.5 Å². The predicted octanol–water partition coefficient (Wildman–Crippen LogP) is 6.92. The van der Waals surface area contributed by atoms with Crippen LogP contribution in [0.4, 0.5) is 11.4 Å². The van der Waals surface area contributed by atoms with Crippen molar-refractivity contribution in [2.75, 3.05) is 23.8 Å². The summed E-state index contributed by atoms with van der Waals surface area (Å²) >= 11 is 0. The summed E-state index contributed by atoms with van der Waals surface area (Å²) in [5.41, 5.74) is 1.61. The largest absolute Gasteiger partial charge is 0.872 e. The van der Waals surface area contributed by atoms with Crippen LogP contribution in [0.5, 0.6) is 17.2 Å². The Kier molecular flexibility index (Phi) is 8.75. The Hall–Kier alpha value is -4.27. The van der Waals surface area contributed by atoms with Crippen molar-refractivity contribution in [1.29, 1.82) is 0 Å². The third-order valence-corrected chi connectivity index (χ3v) is 6.78. The Bertz CT molecular complexity index is 1510. The monoisotopic (exact) mass is 557 g/mol. The van der Waals surface area contributed by atoms with Gasteiger partial charge in [0.25, 0.3) is 5.91 Å². The first-order valence-electron chi connectivity index (χ1n) is 13.5. The maximum Gasteiger partial charge on any atom is 0.255 e. The Morgan fingerprint density at radius 3 is 2.24 bits per heavy atom. The van der Waals surface area contributed by atoms with Gasteiger partial charge in [-0.05, 0) is 70.0 Å². The van der Waals surface area contributed by atoms with Gasteiger partial charge in [-0.15, -0.1) is 5.23 Å². The maximum absolute atomic E-state index is 13.1. The van der Waals surface area contributed by atoms with E-state index in [1.165, 1.54) is 29.8 Å². The molecular weight excluding hydrogens is 520 g/mol. The summed E-state index contributed by atoms with van der Waals surface area (Å²) in [6.07, 6.45) is 1.05. The van der Waals surface area contributed by atoms with Gasteiger partial charge in [0, 0.05) is 5.56 Å². The number of carbonyl (C=O) groups excluding carboxylic acids is 1. The first-order chi connectivity index (χ1) is 19.3. The zero-order chi connectivity index (χ0) is 29.8. The first-order valence-corrected chi connectivity index (χ1v) is 13.5. The molecule has 0 radical (unpaired) electrons. The minimum Gasteiger partial charge on any atom is -0.872 e. The predicted molar refractivity (Wildman–Crippen MR) is 158 cm³/mol. The highest BCUT2D eigenvalue weighted by Crippen LogP contribution is 2.37. The van der Waals surface area contributed by atoms with Crippen molar-refractivity contribution in [3.63, 3.8) is 0 Å². The fourth-order valence-electron chi connectivity index (χ4n) is 5.22. The molecule has 0 aliphatic rings. The average molecular weight is 558 g/mol. The lowest BCUT2D eigenvalue weighted by atomic mass is 9.72. The minimum absolute atomic E-state index is 0.000710. The van der Waals surface area contributed by atoms with Gasteiger partial charge in [-0.25, -0.2) is 0 Å². The van der Waals surface area contributed by atoms with Crippen LogP contribution >= 0.6 is 0 Å². The highest BCUT2D eigenvalue weighted by atomic mass is 16.8. The Labute approximate surface area is 240 Å². The molecular formula is C33H37N2O6-. The van der Waals surface area contributed by atoms with Crippen molar-refractivity contribution in [2.24, 2.45) is 5.41 Å². The molecule has 0 aliphatic heterocycles. The van der Waals surface area contributed by atoms with E-state index in [1.54, 1.807) is 24.3 Å². The summed E-state index contributed by atoms with van der Waals surface area (Å²) in [6, 6.07) is 22.5. The summed E-state index contributed by atoms with van der Waals surface area (Å²) in [4.78, 5) is 13.1. The topological polar surface area (TPSA) is 114 Å². The van der Waals surface area contributed by atoms with E-state index in [-0.39, 0.29) is 52.0 Å². The van der Waals surface area contributed by atoms with Crippen LogP contribution in [0.2, 0.25) is 0 Å². The molecule has 0 saturated heterocycles. The summed E-state index contributed by atoms with van der Waals surface area (Å²) in [6.45, 7) is 11.6. The quantitative estimate of drug-likeness (QED) is 0.143. The molecule has 4 rings (SSSR count). The van der Waals surface area contributed by atoms with Crippen LogP contribution in [-0.2, 0) is 5.41 Å². The molecule has 3 N–H and O–H groups in total. The van der Waals surface area contributed by atoms with E-state index in [0.717, 1.165) is 11.8 Å². The van der Waals surface area contributed by atoms with Gasteiger partial charge in [-0.2, -0.15) is 0 Å². The maximum atomic E-state index is 13.1. The molecule has 0 fully saturated rings. The minimum atomic E-state index is -0.643. The lowest BCUT2D eigenvalue weighted by molar-refractivity contribution is -0.266. The van der Waals surface area contributed by atoms with Crippen LogP contribution in [0.15, 0.2) is 78.9 Å². The summed E-state index contributed by atoms with van der Waals surface area (Å²) in [5, 5.41) is 35.6. The molecule has 0 bridgehead atoms. The Morgan fingerprint density at radius 2 is 1.56 bits per heavy atom. The molecule has 0 heterocycles. The highest BCUT2D eigenvalue weighted by Gasteiger charge is 2.27. The fourth-order valence-corrected chi connectivity index (χ4v) is 5.22. The molecule has 8 nitrogen and oxygen atoms in total. The number of nitrogens with zero attached hydrogens (tertiary/aromatic N) is 1. The fraction of sp³-hybridized carbons (Fsp3) is 0.303. The van der Waals surface area contributed by atoms with Crippen LogP contribution < -0.4 is 25.1 Å². The third-order valence-electron chi connectivity index (χ3n) is 6.78. The summed E-state index contributed by atoms with van der Waals surface area (Å²) in [5.74, 6) is -0.0504. The molecule has 1 amide bonds. The van der Waals surface area contributed by atoms with E-state index in [9.17, 15) is 20.3 Å². The van der Waals surface area contributed by atoms with Crippen molar-refractivity contribution in [3.8, 4) is 17.2 Å². The van der Waals surface area contributed by atoms with E-state index in [0.29, 0.717) is 11.1 Å². The first kappa shape index (κ1) is 29.7. The van der Waals surface area contributed by atoms with E-state index in [4.69, 9.17) is 9.47 Å². The molecule has 0 unspecified atom stereocenters. The van der Waals surface area contributed by atoms with Gasteiger partial charge in [0.2, 0.25) is 0 Å². The van der Waals surface area contributed by atoms with Gasteiger partial charge in [0.1, 0.15) is 24.7 Å². The van der Waals surface area contributed by atoms with E-state index in [1.807, 2.05) is 18.2 Å². The molecule has 4 aromatic rings. The molecule has 0 aliphatic carbocycles. The number of benzene rings is 4. The van der Waals surface area contributed by atoms with Crippen LogP contribution in [0, 0.1) is 5.41 Å². The smallest absolute Gasteiger partial charge is 0.255 e. The van der Waals surface area contributed by atoms with Gasteiger partial charge < -0.3 is 19.9 Å². The molecule has 8 heteroatoms. The second-order valence-electron chi connectivity index (χ2n) is 11.9. The van der Waals surface area contributed by atoms with E-state index < -0.39 is 11.7 Å². The zero-order valence-corrected chi connectivity index (χ0v) is 24.1. The van der Waals surface area contributed by atoms with Gasteiger partial charge in [-0.3, -0.25) is 15.2 Å². The second-order valence-corrected chi connectivity index (χ2v) is 11.9.